The van der Waals surface area contributed by atoms with Gasteiger partial charge in [0, 0.05) is 19.7 Å². The Bertz CT molecular complexity index is 121. The molecule has 0 unspecified atom stereocenters. The standard InChI is InChI=1S/C11H23NO/c1-10(12-8-9-13-2)11-6-4-3-5-7-11/h10-12H,3-9H2,1-2H3/t10-/m1/s1. The van der Waals surface area contributed by atoms with Gasteiger partial charge in [0.2, 0.25) is 0 Å². The summed E-state index contributed by atoms with van der Waals surface area (Å²) in [6, 6.07) is 0.676. The molecule has 78 valence electrons. The summed E-state index contributed by atoms with van der Waals surface area (Å²) < 4.78 is 5.02. The predicted molar refractivity (Wildman–Crippen MR) is 55.9 cm³/mol. The average molecular weight is 185 g/mol. The minimum Gasteiger partial charge on any atom is -0.383 e. The first kappa shape index (κ1) is 11.0. The van der Waals surface area contributed by atoms with E-state index < -0.39 is 0 Å². The van der Waals surface area contributed by atoms with Crippen LogP contribution in [0.1, 0.15) is 39.0 Å². The Kier molecular flexibility index (Phi) is 5.40. The van der Waals surface area contributed by atoms with E-state index in [0.29, 0.717) is 6.04 Å². The Balaban J connectivity index is 2.09. The summed E-state index contributed by atoms with van der Waals surface area (Å²) in [5, 5.41) is 3.53. The number of hydrogen-bond acceptors (Lipinski definition) is 2. The van der Waals surface area contributed by atoms with Gasteiger partial charge in [-0.15, -0.1) is 0 Å². The van der Waals surface area contributed by atoms with Crippen LogP contribution in [0, 0.1) is 5.92 Å². The number of ether oxygens (including phenoxy) is 1. The van der Waals surface area contributed by atoms with E-state index in [1.807, 2.05) is 0 Å². The van der Waals surface area contributed by atoms with Gasteiger partial charge < -0.3 is 10.1 Å². The molecule has 1 aliphatic rings. The zero-order chi connectivity index (χ0) is 9.52. The quantitative estimate of drug-likeness (QED) is 0.663. The summed E-state index contributed by atoms with van der Waals surface area (Å²) in [6.45, 7) is 4.14. The summed E-state index contributed by atoms with van der Waals surface area (Å²) in [5.74, 6) is 0.908. The van der Waals surface area contributed by atoms with Crippen LogP contribution in [0.3, 0.4) is 0 Å². The van der Waals surface area contributed by atoms with Crippen LogP contribution in [0.4, 0.5) is 0 Å². The minimum atomic E-state index is 0.676. The molecule has 0 radical (unpaired) electrons. The van der Waals surface area contributed by atoms with E-state index in [1.165, 1.54) is 32.1 Å². The number of methoxy groups -OCH3 is 1. The van der Waals surface area contributed by atoms with Crippen molar-refractivity contribution in [1.29, 1.82) is 0 Å². The van der Waals surface area contributed by atoms with Crippen molar-refractivity contribution in [3.63, 3.8) is 0 Å². The predicted octanol–water partition coefficient (Wildman–Crippen LogP) is 2.19. The topological polar surface area (TPSA) is 21.3 Å². The molecule has 13 heavy (non-hydrogen) atoms. The van der Waals surface area contributed by atoms with Crippen molar-refractivity contribution in [2.45, 2.75) is 45.1 Å². The second kappa shape index (κ2) is 6.39. The van der Waals surface area contributed by atoms with Crippen LogP contribution < -0.4 is 5.32 Å². The first-order valence-electron chi connectivity index (χ1n) is 5.57. The van der Waals surface area contributed by atoms with Gasteiger partial charge in [-0.3, -0.25) is 0 Å². The van der Waals surface area contributed by atoms with Crippen LogP contribution in [0.2, 0.25) is 0 Å². The van der Waals surface area contributed by atoms with E-state index >= 15 is 0 Å². The maximum absolute atomic E-state index is 5.02. The molecule has 0 aliphatic heterocycles. The van der Waals surface area contributed by atoms with Gasteiger partial charge in [0.05, 0.1) is 6.61 Å². The maximum atomic E-state index is 5.02. The van der Waals surface area contributed by atoms with Crippen molar-refractivity contribution >= 4 is 0 Å². The molecule has 2 nitrogen and oxygen atoms in total. The first-order valence-corrected chi connectivity index (χ1v) is 5.57. The van der Waals surface area contributed by atoms with E-state index in [1.54, 1.807) is 7.11 Å². The third kappa shape index (κ3) is 4.10. The summed E-state index contributed by atoms with van der Waals surface area (Å²) in [7, 11) is 1.76. The molecule has 0 aromatic carbocycles. The lowest BCUT2D eigenvalue weighted by atomic mass is 9.84. The fourth-order valence-corrected chi connectivity index (χ4v) is 2.19. The number of hydrogen-bond donors (Lipinski definition) is 1. The molecule has 0 spiro atoms. The Hall–Kier alpha value is -0.0800. The molecule has 2 heteroatoms. The highest BCUT2D eigenvalue weighted by molar-refractivity contribution is 4.75. The maximum Gasteiger partial charge on any atom is 0.0587 e. The third-order valence-electron chi connectivity index (χ3n) is 3.13. The van der Waals surface area contributed by atoms with Gasteiger partial charge in [-0.1, -0.05) is 19.3 Å². The number of rotatable bonds is 5. The van der Waals surface area contributed by atoms with E-state index in [9.17, 15) is 0 Å². The molecule has 1 rings (SSSR count). The van der Waals surface area contributed by atoms with E-state index in [2.05, 4.69) is 12.2 Å². The van der Waals surface area contributed by atoms with Crippen LogP contribution in [0.5, 0.6) is 0 Å². The molecule has 0 bridgehead atoms. The van der Waals surface area contributed by atoms with Crippen molar-refractivity contribution in [3.05, 3.63) is 0 Å². The molecular weight excluding hydrogens is 162 g/mol. The lowest BCUT2D eigenvalue weighted by Crippen LogP contribution is -2.36. The number of nitrogens with one attached hydrogen (secondary N) is 1. The van der Waals surface area contributed by atoms with E-state index in [4.69, 9.17) is 4.74 Å². The van der Waals surface area contributed by atoms with Crippen LogP contribution in [-0.4, -0.2) is 26.3 Å². The fourth-order valence-electron chi connectivity index (χ4n) is 2.19. The van der Waals surface area contributed by atoms with Crippen LogP contribution in [-0.2, 0) is 4.74 Å². The smallest absolute Gasteiger partial charge is 0.0587 e. The highest BCUT2D eigenvalue weighted by Gasteiger charge is 2.18. The molecule has 1 fully saturated rings. The molecule has 1 N–H and O–H groups in total. The van der Waals surface area contributed by atoms with E-state index in [0.717, 1.165) is 19.1 Å². The molecule has 0 amide bonds. The zero-order valence-corrected chi connectivity index (χ0v) is 9.01. The van der Waals surface area contributed by atoms with Crippen molar-refractivity contribution < 1.29 is 4.74 Å². The highest BCUT2D eigenvalue weighted by Crippen LogP contribution is 2.26. The van der Waals surface area contributed by atoms with Gasteiger partial charge in [0.1, 0.15) is 0 Å². The lowest BCUT2D eigenvalue weighted by Gasteiger charge is -2.28. The van der Waals surface area contributed by atoms with Crippen LogP contribution in [0.25, 0.3) is 0 Å². The van der Waals surface area contributed by atoms with Gasteiger partial charge in [-0.25, -0.2) is 0 Å². The van der Waals surface area contributed by atoms with Gasteiger partial charge in [0.25, 0.3) is 0 Å². The average Bonchev–Trinajstić information content (AvgIpc) is 2.19. The zero-order valence-electron chi connectivity index (χ0n) is 9.01. The minimum absolute atomic E-state index is 0.676. The van der Waals surface area contributed by atoms with Gasteiger partial charge in [-0.05, 0) is 25.7 Å². The summed E-state index contributed by atoms with van der Waals surface area (Å²) >= 11 is 0. The normalized spacial score (nSPS) is 21.7. The van der Waals surface area contributed by atoms with Crippen molar-refractivity contribution in [1.82, 2.24) is 5.32 Å². The van der Waals surface area contributed by atoms with Crippen molar-refractivity contribution in [2.75, 3.05) is 20.3 Å². The molecule has 1 saturated carbocycles. The second-order valence-corrected chi connectivity index (χ2v) is 4.13. The largest absolute Gasteiger partial charge is 0.383 e. The van der Waals surface area contributed by atoms with Crippen LogP contribution in [0.15, 0.2) is 0 Å². The van der Waals surface area contributed by atoms with Gasteiger partial charge in [0.15, 0.2) is 0 Å². The Morgan fingerprint density at radius 2 is 2.00 bits per heavy atom. The fraction of sp³-hybridized carbons (Fsp3) is 1.00. The summed E-state index contributed by atoms with van der Waals surface area (Å²) in [6.07, 6.45) is 7.14. The molecule has 0 saturated heterocycles. The van der Waals surface area contributed by atoms with Crippen molar-refractivity contribution in [3.8, 4) is 0 Å². The molecule has 0 aromatic rings. The molecule has 1 atom stereocenters. The Morgan fingerprint density at radius 1 is 1.31 bits per heavy atom. The second-order valence-electron chi connectivity index (χ2n) is 4.13. The third-order valence-corrected chi connectivity index (χ3v) is 3.13. The first-order chi connectivity index (χ1) is 6.34. The molecule has 0 aromatic heterocycles. The molecule has 1 aliphatic carbocycles. The van der Waals surface area contributed by atoms with Gasteiger partial charge >= 0.3 is 0 Å². The van der Waals surface area contributed by atoms with Gasteiger partial charge in [-0.2, -0.15) is 0 Å². The summed E-state index contributed by atoms with van der Waals surface area (Å²) in [4.78, 5) is 0. The lowest BCUT2D eigenvalue weighted by molar-refractivity contribution is 0.187. The van der Waals surface area contributed by atoms with E-state index in [-0.39, 0.29) is 0 Å². The molecule has 0 heterocycles. The Morgan fingerprint density at radius 3 is 2.62 bits per heavy atom. The Labute approximate surface area is 82.0 Å². The highest BCUT2D eigenvalue weighted by atomic mass is 16.5. The van der Waals surface area contributed by atoms with Crippen molar-refractivity contribution in [2.24, 2.45) is 5.92 Å². The SMILES string of the molecule is COCCN[C@H](C)C1CCCCC1. The van der Waals surface area contributed by atoms with Crippen LogP contribution >= 0.6 is 0 Å². The summed E-state index contributed by atoms with van der Waals surface area (Å²) in [5.41, 5.74) is 0. The monoisotopic (exact) mass is 185 g/mol. The molecular formula is C11H23NO.